The van der Waals surface area contributed by atoms with Crippen LogP contribution in [0, 0.1) is 0 Å². The predicted molar refractivity (Wildman–Crippen MR) is 57.7 cm³/mol. The molecule has 0 radical (unpaired) electrons. The summed E-state index contributed by atoms with van der Waals surface area (Å²) in [6.07, 6.45) is 5.55. The summed E-state index contributed by atoms with van der Waals surface area (Å²) in [6, 6.07) is 0.186. The minimum absolute atomic E-state index is 0.181. The van der Waals surface area contributed by atoms with Crippen LogP contribution in [0.3, 0.4) is 0 Å². The number of hydrogen-bond acceptors (Lipinski definition) is 3. The van der Waals surface area contributed by atoms with Crippen LogP contribution in [0.4, 0.5) is 0 Å². The second-order valence-corrected chi connectivity index (χ2v) is 5.75. The lowest BCUT2D eigenvalue weighted by Gasteiger charge is -2.22. The Bertz CT molecular complexity index is 246. The lowest BCUT2D eigenvalue weighted by Crippen LogP contribution is -2.39. The quantitative estimate of drug-likeness (QED) is 0.707. The Morgan fingerprint density at radius 1 is 1.21 bits per heavy atom. The SMILES string of the molecule is CNCCS(=O)(=O)NC1CCCCC1. The zero-order chi connectivity index (χ0) is 10.4. The van der Waals surface area contributed by atoms with Crippen LogP contribution >= 0.6 is 0 Å². The Kier molecular flexibility index (Phi) is 4.84. The van der Waals surface area contributed by atoms with Crippen LogP contribution in [-0.2, 0) is 10.0 Å². The maximum atomic E-state index is 11.5. The molecule has 1 saturated carbocycles. The molecule has 0 aromatic heterocycles. The summed E-state index contributed by atoms with van der Waals surface area (Å²) in [5.41, 5.74) is 0. The monoisotopic (exact) mass is 220 g/mol. The lowest BCUT2D eigenvalue weighted by molar-refractivity contribution is 0.412. The van der Waals surface area contributed by atoms with Gasteiger partial charge in [-0.2, -0.15) is 0 Å². The molecule has 5 heteroatoms. The first kappa shape index (κ1) is 11.9. The third-order valence-electron chi connectivity index (χ3n) is 2.57. The number of nitrogens with one attached hydrogen (secondary N) is 2. The van der Waals surface area contributed by atoms with Gasteiger partial charge in [-0.3, -0.25) is 0 Å². The molecule has 0 aromatic carbocycles. The fourth-order valence-electron chi connectivity index (χ4n) is 1.77. The highest BCUT2D eigenvalue weighted by Crippen LogP contribution is 2.17. The van der Waals surface area contributed by atoms with Crippen molar-refractivity contribution in [2.75, 3.05) is 19.3 Å². The van der Waals surface area contributed by atoms with E-state index in [0.717, 1.165) is 25.7 Å². The van der Waals surface area contributed by atoms with Gasteiger partial charge in [0.25, 0.3) is 0 Å². The summed E-state index contributed by atoms with van der Waals surface area (Å²) in [5.74, 6) is 0.181. The maximum absolute atomic E-state index is 11.5. The van der Waals surface area contributed by atoms with E-state index >= 15 is 0 Å². The fraction of sp³-hybridized carbons (Fsp3) is 1.00. The standard InChI is InChI=1S/C9H20N2O2S/c1-10-7-8-14(12,13)11-9-5-3-2-4-6-9/h9-11H,2-8H2,1H3. The highest BCUT2D eigenvalue weighted by Gasteiger charge is 2.19. The highest BCUT2D eigenvalue weighted by molar-refractivity contribution is 7.89. The van der Waals surface area contributed by atoms with Crippen molar-refractivity contribution in [3.8, 4) is 0 Å². The van der Waals surface area contributed by atoms with Crippen molar-refractivity contribution in [1.29, 1.82) is 0 Å². The van der Waals surface area contributed by atoms with E-state index in [0.29, 0.717) is 6.54 Å². The van der Waals surface area contributed by atoms with Crippen molar-refractivity contribution in [2.24, 2.45) is 0 Å². The van der Waals surface area contributed by atoms with Gasteiger partial charge in [0.1, 0.15) is 0 Å². The van der Waals surface area contributed by atoms with Crippen molar-refractivity contribution in [2.45, 2.75) is 38.1 Å². The van der Waals surface area contributed by atoms with Crippen LogP contribution in [0.1, 0.15) is 32.1 Å². The molecular formula is C9H20N2O2S. The van der Waals surface area contributed by atoms with E-state index in [-0.39, 0.29) is 11.8 Å². The van der Waals surface area contributed by atoms with Gasteiger partial charge in [0.05, 0.1) is 5.75 Å². The third kappa shape index (κ3) is 4.39. The Labute approximate surface area is 86.5 Å². The van der Waals surface area contributed by atoms with Gasteiger partial charge in [-0.05, 0) is 19.9 Å². The largest absolute Gasteiger partial charge is 0.319 e. The van der Waals surface area contributed by atoms with Gasteiger partial charge in [0, 0.05) is 12.6 Å². The molecule has 0 heterocycles. The van der Waals surface area contributed by atoms with Gasteiger partial charge in [-0.15, -0.1) is 0 Å². The van der Waals surface area contributed by atoms with Gasteiger partial charge < -0.3 is 5.32 Å². The van der Waals surface area contributed by atoms with Crippen molar-refractivity contribution < 1.29 is 8.42 Å². The fourth-order valence-corrected chi connectivity index (χ4v) is 3.10. The van der Waals surface area contributed by atoms with Gasteiger partial charge in [-0.25, -0.2) is 13.1 Å². The van der Waals surface area contributed by atoms with E-state index in [1.165, 1.54) is 6.42 Å². The number of hydrogen-bond donors (Lipinski definition) is 2. The molecular weight excluding hydrogens is 200 g/mol. The molecule has 1 fully saturated rings. The average molecular weight is 220 g/mol. The molecule has 0 saturated heterocycles. The van der Waals surface area contributed by atoms with Crippen LogP contribution in [0.25, 0.3) is 0 Å². The zero-order valence-electron chi connectivity index (χ0n) is 8.75. The number of sulfonamides is 1. The Morgan fingerprint density at radius 3 is 2.43 bits per heavy atom. The van der Waals surface area contributed by atoms with Crippen LogP contribution in [0.15, 0.2) is 0 Å². The van der Waals surface area contributed by atoms with E-state index < -0.39 is 10.0 Å². The van der Waals surface area contributed by atoms with E-state index in [1.54, 1.807) is 7.05 Å². The molecule has 4 nitrogen and oxygen atoms in total. The first-order valence-corrected chi connectivity index (χ1v) is 6.94. The Morgan fingerprint density at radius 2 is 1.86 bits per heavy atom. The summed E-state index contributed by atoms with van der Waals surface area (Å²) in [6.45, 7) is 0.516. The molecule has 1 aliphatic rings. The average Bonchev–Trinajstić information content (AvgIpc) is 2.16. The second kappa shape index (κ2) is 5.68. The molecule has 14 heavy (non-hydrogen) atoms. The summed E-state index contributed by atoms with van der Waals surface area (Å²) >= 11 is 0. The minimum atomic E-state index is -3.06. The molecule has 0 aromatic rings. The summed E-state index contributed by atoms with van der Waals surface area (Å²) in [5, 5.41) is 2.84. The topological polar surface area (TPSA) is 58.2 Å². The first-order valence-electron chi connectivity index (χ1n) is 5.28. The molecule has 2 N–H and O–H groups in total. The minimum Gasteiger partial charge on any atom is -0.319 e. The molecule has 0 amide bonds. The van der Waals surface area contributed by atoms with Crippen molar-refractivity contribution >= 4 is 10.0 Å². The second-order valence-electron chi connectivity index (χ2n) is 3.88. The molecule has 0 bridgehead atoms. The molecule has 0 atom stereocenters. The zero-order valence-corrected chi connectivity index (χ0v) is 9.57. The Hall–Kier alpha value is -0.130. The van der Waals surface area contributed by atoms with Crippen LogP contribution < -0.4 is 10.0 Å². The van der Waals surface area contributed by atoms with E-state index in [1.807, 2.05) is 0 Å². The highest BCUT2D eigenvalue weighted by atomic mass is 32.2. The molecule has 0 aliphatic heterocycles. The molecule has 0 spiro atoms. The van der Waals surface area contributed by atoms with Crippen LogP contribution in [-0.4, -0.2) is 33.8 Å². The molecule has 84 valence electrons. The van der Waals surface area contributed by atoms with Gasteiger partial charge >= 0.3 is 0 Å². The van der Waals surface area contributed by atoms with Gasteiger partial charge in [0.15, 0.2) is 0 Å². The van der Waals surface area contributed by atoms with Crippen LogP contribution in [0.2, 0.25) is 0 Å². The summed E-state index contributed by atoms with van der Waals surface area (Å²) in [7, 11) is -1.30. The predicted octanol–water partition coefficient (Wildman–Crippen LogP) is 0.458. The van der Waals surface area contributed by atoms with Gasteiger partial charge in [0.2, 0.25) is 10.0 Å². The van der Waals surface area contributed by atoms with Crippen molar-refractivity contribution in [1.82, 2.24) is 10.0 Å². The molecule has 1 aliphatic carbocycles. The summed E-state index contributed by atoms with van der Waals surface area (Å²) in [4.78, 5) is 0. The molecule has 0 unspecified atom stereocenters. The van der Waals surface area contributed by atoms with Gasteiger partial charge in [-0.1, -0.05) is 19.3 Å². The summed E-state index contributed by atoms with van der Waals surface area (Å²) < 4.78 is 25.8. The van der Waals surface area contributed by atoms with E-state index in [9.17, 15) is 8.42 Å². The Balaban J connectivity index is 2.33. The smallest absolute Gasteiger partial charge is 0.213 e. The first-order chi connectivity index (χ1) is 6.64. The van der Waals surface area contributed by atoms with Crippen molar-refractivity contribution in [3.63, 3.8) is 0 Å². The van der Waals surface area contributed by atoms with E-state index in [2.05, 4.69) is 10.0 Å². The normalized spacial score (nSPS) is 19.8. The maximum Gasteiger partial charge on any atom is 0.213 e. The van der Waals surface area contributed by atoms with E-state index in [4.69, 9.17) is 0 Å². The lowest BCUT2D eigenvalue weighted by atomic mass is 9.96. The number of rotatable bonds is 5. The van der Waals surface area contributed by atoms with Crippen molar-refractivity contribution in [3.05, 3.63) is 0 Å². The molecule has 1 rings (SSSR count). The van der Waals surface area contributed by atoms with Crippen LogP contribution in [0.5, 0.6) is 0 Å². The third-order valence-corrected chi connectivity index (χ3v) is 4.01.